The van der Waals surface area contributed by atoms with Gasteiger partial charge >= 0.3 is 0 Å². The molecule has 0 spiro atoms. The van der Waals surface area contributed by atoms with Gasteiger partial charge in [0.2, 0.25) is 12.9 Å². The van der Waals surface area contributed by atoms with E-state index in [0.29, 0.717) is 0 Å². The third-order valence-corrected chi connectivity index (χ3v) is 1.76. The van der Waals surface area contributed by atoms with E-state index in [9.17, 15) is 17.6 Å². The van der Waals surface area contributed by atoms with E-state index in [1.165, 1.54) is 6.92 Å². The average molecular weight is 158 g/mol. The lowest BCUT2D eigenvalue weighted by atomic mass is 9.89. The van der Waals surface area contributed by atoms with Crippen molar-refractivity contribution in [3.63, 3.8) is 0 Å². The third kappa shape index (κ3) is 1.61. The van der Waals surface area contributed by atoms with Crippen LogP contribution in [0.5, 0.6) is 0 Å². The van der Waals surface area contributed by atoms with Crippen molar-refractivity contribution in [1.29, 1.82) is 0 Å². The topological polar surface area (TPSA) is 0 Å². The number of hydrogen-bond donors (Lipinski definition) is 0. The molecule has 0 saturated carbocycles. The molecule has 0 aromatic heterocycles. The second kappa shape index (κ2) is 3.21. The smallest absolute Gasteiger partial charge is 0.210 e. The maximum Gasteiger partial charge on any atom is 0.249 e. The Bertz CT molecular complexity index is 91.9. The summed E-state index contributed by atoms with van der Waals surface area (Å²) in [7, 11) is 0. The van der Waals surface area contributed by atoms with Gasteiger partial charge in [0.1, 0.15) is 0 Å². The number of rotatable bonds is 3. The fourth-order valence-corrected chi connectivity index (χ4v) is 0.404. The molecule has 0 unspecified atom stereocenters. The first-order valence-corrected chi connectivity index (χ1v) is 3.01. The van der Waals surface area contributed by atoms with Gasteiger partial charge in [0.05, 0.1) is 5.41 Å². The molecule has 0 fully saturated rings. The Morgan fingerprint density at radius 1 is 1.10 bits per heavy atom. The summed E-state index contributed by atoms with van der Waals surface area (Å²) in [4.78, 5) is 0. The van der Waals surface area contributed by atoms with Crippen LogP contribution in [0.4, 0.5) is 17.6 Å². The first-order chi connectivity index (χ1) is 4.45. The molecular formula is C6H10F4. The lowest BCUT2D eigenvalue weighted by molar-refractivity contribution is -0.0992. The maximum absolute atomic E-state index is 11.9. The van der Waals surface area contributed by atoms with Gasteiger partial charge in [-0.15, -0.1) is 0 Å². The first-order valence-electron chi connectivity index (χ1n) is 3.01. The monoisotopic (exact) mass is 158 g/mol. The highest BCUT2D eigenvalue weighted by Gasteiger charge is 2.42. The minimum Gasteiger partial charge on any atom is -0.210 e. The normalized spacial score (nSPS) is 13.2. The predicted molar refractivity (Wildman–Crippen MR) is 30.4 cm³/mol. The Morgan fingerprint density at radius 2 is 1.40 bits per heavy atom. The molecule has 0 aliphatic heterocycles. The summed E-state index contributed by atoms with van der Waals surface area (Å²) in [6.07, 6.45) is -6.10. The fraction of sp³-hybridized carbons (Fsp3) is 1.00. The van der Waals surface area contributed by atoms with Gasteiger partial charge in [-0.3, -0.25) is 0 Å². The van der Waals surface area contributed by atoms with Gasteiger partial charge in [0.15, 0.2) is 0 Å². The molecule has 0 atom stereocenters. The Balaban J connectivity index is 4.23. The van der Waals surface area contributed by atoms with Crippen LogP contribution in [-0.4, -0.2) is 12.9 Å². The van der Waals surface area contributed by atoms with Crippen molar-refractivity contribution in [2.45, 2.75) is 33.1 Å². The minimum atomic E-state index is -2.95. The van der Waals surface area contributed by atoms with Crippen LogP contribution in [0.25, 0.3) is 0 Å². The molecule has 0 nitrogen and oxygen atoms in total. The molecule has 0 aliphatic rings. The Labute approximate surface area is 57.2 Å². The lowest BCUT2D eigenvalue weighted by Crippen LogP contribution is -2.32. The number of alkyl halides is 4. The van der Waals surface area contributed by atoms with Crippen molar-refractivity contribution >= 4 is 0 Å². The Kier molecular flexibility index (Phi) is 3.12. The highest BCUT2D eigenvalue weighted by molar-refractivity contribution is 4.77. The second-order valence-corrected chi connectivity index (χ2v) is 2.46. The molecule has 0 aliphatic carbocycles. The van der Waals surface area contributed by atoms with E-state index in [0.717, 1.165) is 6.92 Å². The van der Waals surface area contributed by atoms with Crippen LogP contribution in [0, 0.1) is 5.41 Å². The van der Waals surface area contributed by atoms with Crippen LogP contribution >= 0.6 is 0 Å². The van der Waals surface area contributed by atoms with Crippen LogP contribution < -0.4 is 0 Å². The summed E-state index contributed by atoms with van der Waals surface area (Å²) < 4.78 is 47.4. The van der Waals surface area contributed by atoms with Crippen molar-refractivity contribution < 1.29 is 17.6 Å². The molecule has 0 heterocycles. The quantitative estimate of drug-likeness (QED) is 0.554. The largest absolute Gasteiger partial charge is 0.249 e. The summed E-state index contributed by atoms with van der Waals surface area (Å²) in [6, 6.07) is 0. The summed E-state index contributed by atoms with van der Waals surface area (Å²) in [5.74, 6) is 0. The van der Waals surface area contributed by atoms with Crippen molar-refractivity contribution in [3.05, 3.63) is 0 Å². The van der Waals surface area contributed by atoms with E-state index in [2.05, 4.69) is 0 Å². The van der Waals surface area contributed by atoms with E-state index >= 15 is 0 Å². The van der Waals surface area contributed by atoms with Crippen molar-refractivity contribution in [1.82, 2.24) is 0 Å². The zero-order valence-electron chi connectivity index (χ0n) is 5.87. The summed E-state index contributed by atoms with van der Waals surface area (Å²) >= 11 is 0. The molecule has 0 radical (unpaired) electrons. The van der Waals surface area contributed by atoms with Gasteiger partial charge in [-0.2, -0.15) is 0 Å². The average Bonchev–Trinajstić information content (AvgIpc) is 1.85. The number of hydrogen-bond acceptors (Lipinski definition) is 0. The van der Waals surface area contributed by atoms with Crippen molar-refractivity contribution in [2.75, 3.05) is 0 Å². The van der Waals surface area contributed by atoms with E-state index < -0.39 is 18.3 Å². The van der Waals surface area contributed by atoms with Crippen molar-refractivity contribution in [3.8, 4) is 0 Å². The second-order valence-electron chi connectivity index (χ2n) is 2.46. The van der Waals surface area contributed by atoms with Crippen LogP contribution in [0.2, 0.25) is 0 Å². The molecule has 0 N–H and O–H groups in total. The fourth-order valence-electron chi connectivity index (χ4n) is 0.404. The molecule has 0 bridgehead atoms. The Morgan fingerprint density at radius 3 is 1.40 bits per heavy atom. The third-order valence-electron chi connectivity index (χ3n) is 1.76. The highest BCUT2D eigenvalue weighted by atomic mass is 19.3. The summed E-state index contributed by atoms with van der Waals surface area (Å²) in [5, 5.41) is 0. The van der Waals surface area contributed by atoms with Crippen LogP contribution in [-0.2, 0) is 0 Å². The van der Waals surface area contributed by atoms with Gasteiger partial charge < -0.3 is 0 Å². The molecule has 10 heavy (non-hydrogen) atoms. The summed E-state index contributed by atoms with van der Waals surface area (Å²) in [6.45, 7) is 2.22. The first kappa shape index (κ1) is 9.72. The van der Waals surface area contributed by atoms with Crippen LogP contribution in [0.15, 0.2) is 0 Å². The molecule has 0 saturated heterocycles. The maximum atomic E-state index is 11.9. The molecular weight excluding hydrogens is 148 g/mol. The predicted octanol–water partition coefficient (Wildman–Crippen LogP) is 2.93. The Hall–Kier alpha value is -0.280. The van der Waals surface area contributed by atoms with E-state index in [1.807, 2.05) is 0 Å². The van der Waals surface area contributed by atoms with Gasteiger partial charge in [0.25, 0.3) is 0 Å². The van der Waals surface area contributed by atoms with E-state index in [1.54, 1.807) is 0 Å². The van der Waals surface area contributed by atoms with Crippen LogP contribution in [0.1, 0.15) is 20.3 Å². The van der Waals surface area contributed by atoms with Crippen LogP contribution in [0.3, 0.4) is 0 Å². The molecule has 0 amide bonds. The lowest BCUT2D eigenvalue weighted by Gasteiger charge is -2.25. The van der Waals surface area contributed by atoms with Gasteiger partial charge in [-0.25, -0.2) is 17.6 Å². The standard InChI is InChI=1S/C6H10F4/c1-3-6(2,4(7)8)5(9)10/h4-5H,3H2,1-2H3. The zero-order chi connectivity index (χ0) is 8.36. The molecule has 62 valence electrons. The SMILES string of the molecule is CCC(C)(C(F)F)C(F)F. The molecule has 0 rings (SSSR count). The molecule has 0 aromatic carbocycles. The number of halogens is 4. The molecule has 0 aromatic rings. The zero-order valence-corrected chi connectivity index (χ0v) is 5.87. The van der Waals surface area contributed by atoms with E-state index in [4.69, 9.17) is 0 Å². The van der Waals surface area contributed by atoms with Gasteiger partial charge in [-0.1, -0.05) is 6.92 Å². The van der Waals surface area contributed by atoms with Crippen molar-refractivity contribution in [2.24, 2.45) is 5.41 Å². The van der Waals surface area contributed by atoms with E-state index in [-0.39, 0.29) is 6.42 Å². The highest BCUT2D eigenvalue weighted by Crippen LogP contribution is 2.35. The molecule has 4 heteroatoms. The minimum absolute atomic E-state index is 0.206. The van der Waals surface area contributed by atoms with Gasteiger partial charge in [0, 0.05) is 0 Å². The summed E-state index contributed by atoms with van der Waals surface area (Å²) in [5.41, 5.74) is -2.12. The van der Waals surface area contributed by atoms with Gasteiger partial charge in [-0.05, 0) is 13.3 Å².